The van der Waals surface area contributed by atoms with E-state index in [1.807, 2.05) is 62.1 Å². The number of methoxy groups -OCH3 is 1. The van der Waals surface area contributed by atoms with E-state index >= 15 is 0 Å². The zero-order valence-corrected chi connectivity index (χ0v) is 18.4. The molecule has 0 aromatic heterocycles. The highest BCUT2D eigenvalue weighted by Gasteiger charge is 2.24. The minimum absolute atomic E-state index is 0.0449. The fourth-order valence-electron chi connectivity index (χ4n) is 3.60. The van der Waals surface area contributed by atoms with Crippen LogP contribution in [-0.4, -0.2) is 56.8 Å². The first kappa shape index (κ1) is 22.0. The highest BCUT2D eigenvalue weighted by Crippen LogP contribution is 2.29. The number of anilines is 1. The Morgan fingerprint density at radius 2 is 1.77 bits per heavy atom. The first-order chi connectivity index (χ1) is 14.5. The zero-order chi connectivity index (χ0) is 21.5. The molecule has 6 heteroatoms. The van der Waals surface area contributed by atoms with Crippen LogP contribution in [0.15, 0.2) is 42.5 Å². The van der Waals surface area contributed by atoms with Crippen molar-refractivity contribution in [1.82, 2.24) is 4.90 Å². The number of carbonyl (C=O) groups excluding carboxylic acids is 1. The SMILES string of the molecule is CCOc1ccc(C(=O)N2CCN(c3ccccc3OC)CC2)cc1COC(C)C. The molecule has 0 radical (unpaired) electrons. The minimum atomic E-state index is 0.0449. The molecular weight excluding hydrogens is 380 g/mol. The Morgan fingerprint density at radius 1 is 1.03 bits per heavy atom. The summed E-state index contributed by atoms with van der Waals surface area (Å²) in [5.74, 6) is 1.68. The maximum atomic E-state index is 13.1. The summed E-state index contributed by atoms with van der Waals surface area (Å²) in [5.41, 5.74) is 2.65. The number of rotatable bonds is 8. The van der Waals surface area contributed by atoms with Crippen molar-refractivity contribution in [2.45, 2.75) is 33.5 Å². The van der Waals surface area contributed by atoms with Gasteiger partial charge in [0.2, 0.25) is 0 Å². The van der Waals surface area contributed by atoms with Gasteiger partial charge in [0.15, 0.2) is 0 Å². The van der Waals surface area contributed by atoms with Gasteiger partial charge in [0, 0.05) is 37.3 Å². The second-order valence-corrected chi connectivity index (χ2v) is 7.57. The molecule has 0 unspecified atom stereocenters. The van der Waals surface area contributed by atoms with Crippen LogP contribution in [0.2, 0.25) is 0 Å². The maximum absolute atomic E-state index is 13.1. The molecule has 0 atom stereocenters. The van der Waals surface area contributed by atoms with Gasteiger partial charge in [0.25, 0.3) is 5.91 Å². The van der Waals surface area contributed by atoms with Crippen molar-refractivity contribution in [2.24, 2.45) is 0 Å². The molecule has 1 aliphatic rings. The molecule has 162 valence electrons. The molecular formula is C24H32N2O4. The van der Waals surface area contributed by atoms with Crippen molar-refractivity contribution in [3.8, 4) is 11.5 Å². The number of hydrogen-bond acceptors (Lipinski definition) is 5. The Bertz CT molecular complexity index is 845. The molecule has 1 fully saturated rings. The van der Waals surface area contributed by atoms with Crippen LogP contribution < -0.4 is 14.4 Å². The first-order valence-electron chi connectivity index (χ1n) is 10.6. The topological polar surface area (TPSA) is 51.2 Å². The van der Waals surface area contributed by atoms with E-state index in [9.17, 15) is 4.79 Å². The monoisotopic (exact) mass is 412 g/mol. The van der Waals surface area contributed by atoms with E-state index in [1.54, 1.807) is 7.11 Å². The molecule has 30 heavy (non-hydrogen) atoms. The molecule has 6 nitrogen and oxygen atoms in total. The lowest BCUT2D eigenvalue weighted by atomic mass is 10.1. The van der Waals surface area contributed by atoms with Crippen molar-refractivity contribution < 1.29 is 19.0 Å². The quantitative estimate of drug-likeness (QED) is 0.656. The number of amides is 1. The van der Waals surface area contributed by atoms with Crippen molar-refractivity contribution >= 4 is 11.6 Å². The van der Waals surface area contributed by atoms with Crippen molar-refractivity contribution in [3.63, 3.8) is 0 Å². The largest absolute Gasteiger partial charge is 0.495 e. The maximum Gasteiger partial charge on any atom is 0.253 e. The number of nitrogens with zero attached hydrogens (tertiary/aromatic N) is 2. The lowest BCUT2D eigenvalue weighted by Crippen LogP contribution is -2.48. The molecule has 0 N–H and O–H groups in total. The third kappa shape index (κ3) is 5.25. The van der Waals surface area contributed by atoms with E-state index in [-0.39, 0.29) is 12.0 Å². The number of benzene rings is 2. The van der Waals surface area contributed by atoms with Crippen molar-refractivity contribution in [2.75, 3.05) is 44.8 Å². The van der Waals surface area contributed by atoms with Gasteiger partial charge in [0.1, 0.15) is 11.5 Å². The van der Waals surface area contributed by atoms with E-state index in [2.05, 4.69) is 11.0 Å². The van der Waals surface area contributed by atoms with Gasteiger partial charge in [-0.05, 0) is 51.1 Å². The van der Waals surface area contributed by atoms with E-state index in [1.165, 1.54) is 0 Å². The molecule has 2 aromatic carbocycles. The number of carbonyl (C=O) groups is 1. The predicted molar refractivity (Wildman–Crippen MR) is 119 cm³/mol. The fraction of sp³-hybridized carbons (Fsp3) is 0.458. The van der Waals surface area contributed by atoms with Gasteiger partial charge < -0.3 is 24.0 Å². The number of hydrogen-bond donors (Lipinski definition) is 0. The Balaban J connectivity index is 1.69. The van der Waals surface area contributed by atoms with Crippen LogP contribution >= 0.6 is 0 Å². The van der Waals surface area contributed by atoms with Gasteiger partial charge in [-0.2, -0.15) is 0 Å². The Morgan fingerprint density at radius 3 is 2.43 bits per heavy atom. The summed E-state index contributed by atoms with van der Waals surface area (Å²) in [4.78, 5) is 17.3. The van der Waals surface area contributed by atoms with E-state index < -0.39 is 0 Å². The van der Waals surface area contributed by atoms with Crippen molar-refractivity contribution in [1.29, 1.82) is 0 Å². The normalized spacial score (nSPS) is 14.2. The van der Waals surface area contributed by atoms with Crippen LogP contribution in [0.1, 0.15) is 36.7 Å². The Labute approximate surface area is 179 Å². The zero-order valence-electron chi connectivity index (χ0n) is 18.4. The number of ether oxygens (including phenoxy) is 3. The van der Waals surface area contributed by atoms with Gasteiger partial charge in [-0.3, -0.25) is 4.79 Å². The van der Waals surface area contributed by atoms with Crippen LogP contribution in [0.5, 0.6) is 11.5 Å². The molecule has 0 saturated carbocycles. The third-order valence-corrected chi connectivity index (χ3v) is 5.17. The average Bonchev–Trinajstić information content (AvgIpc) is 2.78. The summed E-state index contributed by atoms with van der Waals surface area (Å²) in [6, 6.07) is 13.6. The number of para-hydroxylation sites is 2. The molecule has 0 aliphatic carbocycles. The number of piperazine rings is 1. The van der Waals surface area contributed by atoms with Crippen LogP contribution in [0, 0.1) is 0 Å². The lowest BCUT2D eigenvalue weighted by molar-refractivity contribution is 0.0639. The molecule has 1 heterocycles. The summed E-state index contributed by atoms with van der Waals surface area (Å²) >= 11 is 0. The van der Waals surface area contributed by atoms with Crippen LogP contribution in [0.4, 0.5) is 5.69 Å². The highest BCUT2D eigenvalue weighted by atomic mass is 16.5. The Kier molecular flexibility index (Phi) is 7.57. The molecule has 1 saturated heterocycles. The lowest BCUT2D eigenvalue weighted by Gasteiger charge is -2.36. The van der Waals surface area contributed by atoms with E-state index in [0.29, 0.717) is 31.9 Å². The second kappa shape index (κ2) is 10.3. The van der Waals surface area contributed by atoms with E-state index in [0.717, 1.165) is 35.8 Å². The summed E-state index contributed by atoms with van der Waals surface area (Å²) in [6.07, 6.45) is 0.113. The smallest absolute Gasteiger partial charge is 0.253 e. The van der Waals surface area contributed by atoms with Gasteiger partial charge in [-0.1, -0.05) is 12.1 Å². The molecule has 3 rings (SSSR count). The van der Waals surface area contributed by atoms with Gasteiger partial charge in [-0.25, -0.2) is 0 Å². The molecule has 1 aliphatic heterocycles. The first-order valence-corrected chi connectivity index (χ1v) is 10.6. The third-order valence-electron chi connectivity index (χ3n) is 5.17. The highest BCUT2D eigenvalue weighted by molar-refractivity contribution is 5.94. The van der Waals surface area contributed by atoms with Crippen LogP contribution in [0.3, 0.4) is 0 Å². The predicted octanol–water partition coefficient (Wildman–Crippen LogP) is 3.98. The Hall–Kier alpha value is -2.73. The molecule has 0 spiro atoms. The second-order valence-electron chi connectivity index (χ2n) is 7.57. The van der Waals surface area contributed by atoms with Gasteiger partial charge in [-0.15, -0.1) is 0 Å². The van der Waals surface area contributed by atoms with E-state index in [4.69, 9.17) is 14.2 Å². The summed E-state index contributed by atoms with van der Waals surface area (Å²) in [5, 5.41) is 0. The van der Waals surface area contributed by atoms with Gasteiger partial charge >= 0.3 is 0 Å². The van der Waals surface area contributed by atoms with Gasteiger partial charge in [0.05, 0.1) is 32.1 Å². The molecule has 1 amide bonds. The van der Waals surface area contributed by atoms with Crippen LogP contribution in [-0.2, 0) is 11.3 Å². The van der Waals surface area contributed by atoms with Crippen molar-refractivity contribution in [3.05, 3.63) is 53.6 Å². The summed E-state index contributed by atoms with van der Waals surface area (Å²) in [6.45, 7) is 9.83. The van der Waals surface area contributed by atoms with Crippen LogP contribution in [0.25, 0.3) is 0 Å². The minimum Gasteiger partial charge on any atom is -0.495 e. The molecule has 2 aromatic rings. The standard InChI is InChI=1S/C24H32N2O4/c1-5-29-22-11-10-19(16-20(22)17-30-18(2)3)24(27)26-14-12-25(13-15-26)21-8-6-7-9-23(21)28-4/h6-11,16,18H,5,12-15,17H2,1-4H3. The fourth-order valence-corrected chi connectivity index (χ4v) is 3.60. The summed E-state index contributed by atoms with van der Waals surface area (Å²) in [7, 11) is 1.69. The molecule has 0 bridgehead atoms. The average molecular weight is 413 g/mol. The summed E-state index contributed by atoms with van der Waals surface area (Å²) < 4.78 is 16.9.